The van der Waals surface area contributed by atoms with Crippen LogP contribution in [0.2, 0.25) is 0 Å². The lowest BCUT2D eigenvalue weighted by molar-refractivity contribution is -0.132. The van der Waals surface area contributed by atoms with Gasteiger partial charge in [-0.15, -0.1) is 11.3 Å². The average Bonchev–Trinajstić information content (AvgIpc) is 2.88. The molecule has 1 fully saturated rings. The van der Waals surface area contributed by atoms with Crippen molar-refractivity contribution in [3.63, 3.8) is 0 Å². The predicted molar refractivity (Wildman–Crippen MR) is 90.0 cm³/mol. The van der Waals surface area contributed by atoms with Crippen LogP contribution in [0.25, 0.3) is 10.1 Å². The Bertz CT molecular complexity index is 732. The topological polar surface area (TPSA) is 41.6 Å². The molecule has 1 atom stereocenters. The number of ether oxygens (including phenoxy) is 1. The molecule has 0 radical (unpaired) electrons. The Morgan fingerprint density at radius 2 is 2.27 bits per heavy atom. The molecule has 1 N–H and O–H groups in total. The number of carbonyl (C=O) groups excluding carboxylic acids is 1. The SMILES string of the molecule is C=C1N[C@](C)(c2ccc3scc(OCC)c3c2)CC(=O)N1C. The fourth-order valence-electron chi connectivity index (χ4n) is 2.81. The predicted octanol–water partition coefficient (Wildman–Crippen LogP) is 3.44. The number of amides is 1. The van der Waals surface area contributed by atoms with Gasteiger partial charge in [0.05, 0.1) is 18.6 Å². The number of carbonyl (C=O) groups is 1. The zero-order valence-corrected chi connectivity index (χ0v) is 13.9. The van der Waals surface area contributed by atoms with Crippen LogP contribution in [0.3, 0.4) is 0 Å². The van der Waals surface area contributed by atoms with Gasteiger partial charge in [0, 0.05) is 22.5 Å². The van der Waals surface area contributed by atoms with Gasteiger partial charge in [-0.1, -0.05) is 12.6 Å². The third kappa shape index (κ3) is 2.35. The van der Waals surface area contributed by atoms with Crippen molar-refractivity contribution in [2.24, 2.45) is 0 Å². The molecule has 0 saturated carbocycles. The minimum absolute atomic E-state index is 0.0710. The summed E-state index contributed by atoms with van der Waals surface area (Å²) in [5.74, 6) is 1.61. The van der Waals surface area contributed by atoms with E-state index >= 15 is 0 Å². The highest BCUT2D eigenvalue weighted by Gasteiger charge is 2.37. The second-order valence-electron chi connectivity index (χ2n) is 5.78. The van der Waals surface area contributed by atoms with Crippen molar-refractivity contribution in [2.75, 3.05) is 13.7 Å². The lowest BCUT2D eigenvalue weighted by atomic mass is 9.86. The first-order valence-corrected chi connectivity index (χ1v) is 8.21. The van der Waals surface area contributed by atoms with Crippen LogP contribution in [0.1, 0.15) is 25.8 Å². The van der Waals surface area contributed by atoms with Crippen molar-refractivity contribution >= 4 is 27.3 Å². The Kier molecular flexibility index (Phi) is 3.60. The van der Waals surface area contributed by atoms with E-state index in [9.17, 15) is 4.79 Å². The van der Waals surface area contributed by atoms with E-state index in [1.54, 1.807) is 23.3 Å². The highest BCUT2D eigenvalue weighted by atomic mass is 32.1. The van der Waals surface area contributed by atoms with E-state index in [1.807, 2.05) is 19.2 Å². The van der Waals surface area contributed by atoms with Crippen molar-refractivity contribution in [1.29, 1.82) is 0 Å². The standard InChI is InChI=1S/C17H20N2O2S/c1-5-21-14-10-22-15-7-6-12(8-13(14)15)17(3)9-16(20)19(4)11(2)18-17/h6-8,10,18H,2,5,9H2,1,3-4H3/t17-/m0/s1. The summed E-state index contributed by atoms with van der Waals surface area (Å²) in [6.45, 7) is 8.60. The van der Waals surface area contributed by atoms with Crippen molar-refractivity contribution in [1.82, 2.24) is 10.2 Å². The summed E-state index contributed by atoms with van der Waals surface area (Å²) in [4.78, 5) is 13.7. The number of hydrogen-bond acceptors (Lipinski definition) is 4. The van der Waals surface area contributed by atoms with Crippen molar-refractivity contribution in [3.8, 4) is 5.75 Å². The van der Waals surface area contributed by atoms with E-state index in [-0.39, 0.29) is 5.91 Å². The molecule has 1 aromatic carbocycles. The van der Waals surface area contributed by atoms with E-state index in [0.717, 1.165) is 16.7 Å². The first-order valence-electron chi connectivity index (χ1n) is 7.33. The Hall–Kier alpha value is -2.01. The molecular weight excluding hydrogens is 296 g/mol. The molecule has 1 aliphatic rings. The molecule has 3 rings (SSSR count). The van der Waals surface area contributed by atoms with Gasteiger partial charge in [-0.2, -0.15) is 0 Å². The van der Waals surface area contributed by atoms with Gasteiger partial charge >= 0.3 is 0 Å². The number of nitrogens with one attached hydrogen (secondary N) is 1. The maximum Gasteiger partial charge on any atom is 0.230 e. The molecule has 1 aromatic heterocycles. The molecule has 2 heterocycles. The zero-order chi connectivity index (χ0) is 15.9. The third-order valence-electron chi connectivity index (χ3n) is 4.18. The van der Waals surface area contributed by atoms with E-state index in [0.29, 0.717) is 18.8 Å². The van der Waals surface area contributed by atoms with Crippen LogP contribution in [-0.4, -0.2) is 24.5 Å². The smallest absolute Gasteiger partial charge is 0.230 e. The first-order chi connectivity index (χ1) is 10.4. The fraction of sp³-hybridized carbons (Fsp3) is 0.353. The summed E-state index contributed by atoms with van der Waals surface area (Å²) < 4.78 is 6.88. The summed E-state index contributed by atoms with van der Waals surface area (Å²) in [7, 11) is 1.74. The summed E-state index contributed by atoms with van der Waals surface area (Å²) >= 11 is 1.67. The molecule has 0 spiro atoms. The van der Waals surface area contributed by atoms with Crippen LogP contribution in [0.15, 0.2) is 36.0 Å². The average molecular weight is 316 g/mol. The molecule has 5 heteroatoms. The summed E-state index contributed by atoms with van der Waals surface area (Å²) in [6, 6.07) is 6.29. The Morgan fingerprint density at radius 1 is 1.50 bits per heavy atom. The largest absolute Gasteiger partial charge is 0.492 e. The van der Waals surface area contributed by atoms with E-state index in [4.69, 9.17) is 4.74 Å². The molecule has 22 heavy (non-hydrogen) atoms. The van der Waals surface area contributed by atoms with Gasteiger partial charge in [0.2, 0.25) is 5.91 Å². The molecule has 1 saturated heterocycles. The number of benzene rings is 1. The second kappa shape index (κ2) is 5.32. The fourth-order valence-corrected chi connectivity index (χ4v) is 3.67. The highest BCUT2D eigenvalue weighted by molar-refractivity contribution is 7.17. The molecular formula is C17H20N2O2S. The minimum atomic E-state index is -0.444. The van der Waals surface area contributed by atoms with Crippen molar-refractivity contribution in [3.05, 3.63) is 41.5 Å². The van der Waals surface area contributed by atoms with Crippen molar-refractivity contribution in [2.45, 2.75) is 25.8 Å². The van der Waals surface area contributed by atoms with Gasteiger partial charge in [0.25, 0.3) is 0 Å². The summed E-state index contributed by atoms with van der Waals surface area (Å²) in [5, 5.41) is 6.51. The van der Waals surface area contributed by atoms with Crippen LogP contribution >= 0.6 is 11.3 Å². The number of thiophene rings is 1. The molecule has 1 aliphatic heterocycles. The Morgan fingerprint density at radius 3 is 2.95 bits per heavy atom. The van der Waals surface area contributed by atoms with E-state index in [2.05, 4.69) is 30.1 Å². The minimum Gasteiger partial charge on any atom is -0.492 e. The van der Waals surface area contributed by atoms with Crippen LogP contribution in [-0.2, 0) is 10.3 Å². The maximum absolute atomic E-state index is 12.2. The highest BCUT2D eigenvalue weighted by Crippen LogP contribution is 2.37. The number of hydrogen-bond donors (Lipinski definition) is 1. The second-order valence-corrected chi connectivity index (χ2v) is 6.69. The molecule has 0 unspecified atom stereocenters. The number of nitrogens with zero attached hydrogens (tertiary/aromatic N) is 1. The summed E-state index contributed by atoms with van der Waals surface area (Å²) in [5.41, 5.74) is 0.627. The van der Waals surface area contributed by atoms with Gasteiger partial charge in [0.1, 0.15) is 11.6 Å². The van der Waals surface area contributed by atoms with Gasteiger partial charge in [-0.3, -0.25) is 4.79 Å². The van der Waals surface area contributed by atoms with E-state index < -0.39 is 5.54 Å². The van der Waals surface area contributed by atoms with E-state index in [1.165, 1.54) is 4.70 Å². The quantitative estimate of drug-likeness (QED) is 0.943. The molecule has 0 aliphatic carbocycles. The van der Waals surface area contributed by atoms with Crippen LogP contribution in [0, 0.1) is 0 Å². The van der Waals surface area contributed by atoms with Crippen molar-refractivity contribution < 1.29 is 9.53 Å². The van der Waals surface area contributed by atoms with Gasteiger partial charge in [-0.25, -0.2) is 0 Å². The van der Waals surface area contributed by atoms with Gasteiger partial charge < -0.3 is 15.0 Å². The lowest BCUT2D eigenvalue weighted by Crippen LogP contribution is -2.52. The van der Waals surface area contributed by atoms with Gasteiger partial charge in [-0.05, 0) is 31.5 Å². The molecule has 2 aromatic rings. The third-order valence-corrected chi connectivity index (χ3v) is 5.12. The normalized spacial score (nSPS) is 22.0. The first kappa shape index (κ1) is 14.9. The Balaban J connectivity index is 2.03. The number of rotatable bonds is 3. The van der Waals surface area contributed by atoms with Gasteiger partial charge in [0.15, 0.2) is 0 Å². The maximum atomic E-state index is 12.2. The monoisotopic (exact) mass is 316 g/mol. The zero-order valence-electron chi connectivity index (χ0n) is 13.1. The molecule has 0 bridgehead atoms. The van der Waals surface area contributed by atoms with Crippen LogP contribution in [0.4, 0.5) is 0 Å². The summed E-state index contributed by atoms with van der Waals surface area (Å²) in [6.07, 6.45) is 0.405. The molecule has 116 valence electrons. The lowest BCUT2D eigenvalue weighted by Gasteiger charge is -2.40. The van der Waals surface area contributed by atoms with Crippen LogP contribution in [0.5, 0.6) is 5.75 Å². The van der Waals surface area contributed by atoms with Crippen LogP contribution < -0.4 is 10.1 Å². The molecule has 4 nitrogen and oxygen atoms in total. The molecule has 1 amide bonds. The Labute approximate surface area is 134 Å². The number of fused-ring (bicyclic) bond motifs is 1.